The highest BCUT2D eigenvalue weighted by Gasteiger charge is 2.17. The minimum atomic E-state index is -0.229. The monoisotopic (exact) mass is 253 g/mol. The average molecular weight is 254 g/mol. The molecule has 1 aromatic heterocycles. The molecular formula is C8H9Cl2NO2S. The molecule has 0 aliphatic rings. The van der Waals surface area contributed by atoms with Gasteiger partial charge in [0.05, 0.1) is 16.5 Å². The van der Waals surface area contributed by atoms with Gasteiger partial charge >= 0.3 is 0 Å². The summed E-state index contributed by atoms with van der Waals surface area (Å²) in [7, 11) is 1.60. The van der Waals surface area contributed by atoms with Crippen molar-refractivity contribution >= 4 is 40.4 Å². The van der Waals surface area contributed by atoms with Crippen LogP contribution in [-0.4, -0.2) is 36.1 Å². The van der Waals surface area contributed by atoms with E-state index in [0.717, 1.165) is 11.3 Å². The Morgan fingerprint density at radius 1 is 1.64 bits per heavy atom. The summed E-state index contributed by atoms with van der Waals surface area (Å²) in [6.45, 7) is 0.209. The molecule has 1 amide bonds. The normalized spacial score (nSPS) is 10.3. The molecule has 0 radical (unpaired) electrons. The van der Waals surface area contributed by atoms with Crippen molar-refractivity contribution in [1.29, 1.82) is 0 Å². The molecule has 0 spiro atoms. The second-order valence-corrected chi connectivity index (χ2v) is 4.97. The molecule has 1 heterocycles. The van der Waals surface area contributed by atoms with Crippen LogP contribution in [0.2, 0.25) is 8.67 Å². The molecule has 6 heteroatoms. The van der Waals surface area contributed by atoms with E-state index in [1.807, 2.05) is 0 Å². The fraction of sp³-hybridized carbons (Fsp3) is 0.375. The van der Waals surface area contributed by atoms with Crippen LogP contribution in [0.5, 0.6) is 0 Å². The van der Waals surface area contributed by atoms with E-state index in [2.05, 4.69) is 0 Å². The fourth-order valence-electron chi connectivity index (χ4n) is 0.943. The summed E-state index contributed by atoms with van der Waals surface area (Å²) >= 11 is 12.7. The zero-order chi connectivity index (χ0) is 10.7. The Labute approximate surface area is 95.9 Å². The number of carbonyl (C=O) groups excluding carboxylic acids is 1. The maximum absolute atomic E-state index is 11.6. The number of hydrogen-bond donors (Lipinski definition) is 1. The summed E-state index contributed by atoms with van der Waals surface area (Å²) < 4.78 is 0.862. The predicted octanol–water partition coefficient (Wildman–Crippen LogP) is 2.12. The number of thiophene rings is 1. The number of likely N-dealkylation sites (N-methyl/N-ethyl adjacent to an activating group) is 1. The topological polar surface area (TPSA) is 40.5 Å². The Balaban J connectivity index is 2.83. The first-order valence-corrected chi connectivity index (χ1v) is 5.44. The third kappa shape index (κ3) is 2.60. The number of halogens is 2. The summed E-state index contributed by atoms with van der Waals surface area (Å²) in [4.78, 5) is 13.0. The zero-order valence-corrected chi connectivity index (χ0v) is 9.79. The second kappa shape index (κ2) is 4.98. The first-order valence-electron chi connectivity index (χ1n) is 3.87. The lowest BCUT2D eigenvalue weighted by Gasteiger charge is -2.14. The third-order valence-electron chi connectivity index (χ3n) is 1.67. The van der Waals surface area contributed by atoms with E-state index in [-0.39, 0.29) is 19.1 Å². The minimum Gasteiger partial charge on any atom is -0.395 e. The first-order chi connectivity index (χ1) is 6.56. The predicted molar refractivity (Wildman–Crippen MR) is 58.4 cm³/mol. The van der Waals surface area contributed by atoms with Gasteiger partial charge in [0.1, 0.15) is 4.34 Å². The average Bonchev–Trinajstić information content (AvgIpc) is 2.44. The van der Waals surface area contributed by atoms with Gasteiger partial charge in [-0.15, -0.1) is 11.3 Å². The second-order valence-electron chi connectivity index (χ2n) is 2.69. The lowest BCUT2D eigenvalue weighted by Crippen LogP contribution is -2.29. The van der Waals surface area contributed by atoms with Crippen molar-refractivity contribution in [3.8, 4) is 0 Å². The molecule has 0 atom stereocenters. The summed E-state index contributed by atoms with van der Waals surface area (Å²) in [6.07, 6.45) is 0. The molecule has 0 fully saturated rings. The molecule has 0 bridgehead atoms. The molecule has 0 aromatic carbocycles. The van der Waals surface area contributed by atoms with Crippen LogP contribution in [0.25, 0.3) is 0 Å². The van der Waals surface area contributed by atoms with Gasteiger partial charge in [-0.2, -0.15) is 0 Å². The van der Waals surface area contributed by atoms with Crippen LogP contribution in [0, 0.1) is 0 Å². The van der Waals surface area contributed by atoms with Crippen molar-refractivity contribution < 1.29 is 9.90 Å². The number of aliphatic hydroxyl groups is 1. The molecule has 0 aliphatic carbocycles. The third-order valence-corrected chi connectivity index (χ3v) is 3.16. The Morgan fingerprint density at radius 2 is 2.29 bits per heavy atom. The van der Waals surface area contributed by atoms with E-state index in [4.69, 9.17) is 28.3 Å². The van der Waals surface area contributed by atoms with Crippen molar-refractivity contribution in [2.24, 2.45) is 0 Å². The van der Waals surface area contributed by atoms with Crippen LogP contribution in [0.1, 0.15) is 10.4 Å². The van der Waals surface area contributed by atoms with E-state index in [0.29, 0.717) is 14.2 Å². The first kappa shape index (κ1) is 11.8. The number of hydrogen-bond acceptors (Lipinski definition) is 3. The highest BCUT2D eigenvalue weighted by molar-refractivity contribution is 7.20. The van der Waals surface area contributed by atoms with Crippen molar-refractivity contribution in [3.05, 3.63) is 20.3 Å². The van der Waals surface area contributed by atoms with E-state index in [9.17, 15) is 4.79 Å². The van der Waals surface area contributed by atoms with Crippen molar-refractivity contribution in [2.45, 2.75) is 0 Å². The smallest absolute Gasteiger partial charge is 0.256 e. The van der Waals surface area contributed by atoms with Crippen LogP contribution >= 0.6 is 34.5 Å². The molecule has 0 saturated heterocycles. The Morgan fingerprint density at radius 3 is 2.71 bits per heavy atom. The SMILES string of the molecule is CN(CCO)C(=O)c1cc(Cl)sc1Cl. The van der Waals surface area contributed by atoms with Crippen molar-refractivity contribution in [3.63, 3.8) is 0 Å². The molecule has 0 saturated carbocycles. The molecule has 1 aromatic rings. The van der Waals surface area contributed by atoms with Gasteiger partial charge in [-0.05, 0) is 6.07 Å². The van der Waals surface area contributed by atoms with E-state index in [1.165, 1.54) is 11.0 Å². The minimum absolute atomic E-state index is 0.0717. The van der Waals surface area contributed by atoms with Gasteiger partial charge in [-0.25, -0.2) is 0 Å². The largest absolute Gasteiger partial charge is 0.395 e. The van der Waals surface area contributed by atoms with Crippen LogP contribution in [0.15, 0.2) is 6.07 Å². The Bertz CT molecular complexity index is 340. The maximum atomic E-state index is 11.6. The quantitative estimate of drug-likeness (QED) is 0.897. The molecule has 3 nitrogen and oxygen atoms in total. The van der Waals surface area contributed by atoms with Crippen molar-refractivity contribution in [2.75, 3.05) is 20.2 Å². The van der Waals surface area contributed by atoms with Gasteiger partial charge in [-0.1, -0.05) is 23.2 Å². The number of rotatable bonds is 3. The summed E-state index contributed by atoms with van der Waals surface area (Å²) in [5.41, 5.74) is 0.387. The molecule has 0 aliphatic heterocycles. The van der Waals surface area contributed by atoms with Crippen LogP contribution in [0.4, 0.5) is 0 Å². The van der Waals surface area contributed by atoms with Gasteiger partial charge in [-0.3, -0.25) is 4.79 Å². The molecule has 1 N–H and O–H groups in total. The summed E-state index contributed by atoms with van der Waals surface area (Å²) in [5, 5.41) is 8.66. The van der Waals surface area contributed by atoms with E-state index in [1.54, 1.807) is 7.05 Å². The lowest BCUT2D eigenvalue weighted by atomic mass is 10.3. The molecule has 1 rings (SSSR count). The van der Waals surface area contributed by atoms with Crippen LogP contribution in [0.3, 0.4) is 0 Å². The number of nitrogens with zero attached hydrogens (tertiary/aromatic N) is 1. The summed E-state index contributed by atoms with van der Waals surface area (Å²) in [5.74, 6) is -0.229. The van der Waals surface area contributed by atoms with Crippen molar-refractivity contribution in [1.82, 2.24) is 4.90 Å². The fourth-order valence-corrected chi connectivity index (χ4v) is 2.39. The standard InChI is InChI=1S/C8H9Cl2NO2S/c1-11(2-3-12)8(13)5-4-6(9)14-7(5)10/h4,12H,2-3H2,1H3. The molecule has 14 heavy (non-hydrogen) atoms. The van der Waals surface area contributed by atoms with Crippen LogP contribution in [-0.2, 0) is 0 Å². The van der Waals surface area contributed by atoms with Crippen LogP contribution < -0.4 is 0 Å². The summed E-state index contributed by atoms with van der Waals surface area (Å²) in [6, 6.07) is 1.53. The van der Waals surface area contributed by atoms with Gasteiger partial charge < -0.3 is 10.0 Å². The van der Waals surface area contributed by atoms with E-state index < -0.39 is 0 Å². The van der Waals surface area contributed by atoms with E-state index >= 15 is 0 Å². The number of amides is 1. The number of carbonyl (C=O) groups is 1. The highest BCUT2D eigenvalue weighted by atomic mass is 35.5. The zero-order valence-electron chi connectivity index (χ0n) is 7.46. The lowest BCUT2D eigenvalue weighted by molar-refractivity contribution is 0.0767. The highest BCUT2D eigenvalue weighted by Crippen LogP contribution is 2.31. The molecule has 0 unspecified atom stereocenters. The Hall–Kier alpha value is -0.290. The van der Waals surface area contributed by atoms with Gasteiger partial charge in [0.25, 0.3) is 5.91 Å². The van der Waals surface area contributed by atoms with Gasteiger partial charge in [0, 0.05) is 13.6 Å². The van der Waals surface area contributed by atoms with Gasteiger partial charge in [0.15, 0.2) is 0 Å². The number of aliphatic hydroxyl groups excluding tert-OH is 1. The Kier molecular flexibility index (Phi) is 4.19. The van der Waals surface area contributed by atoms with Gasteiger partial charge in [0.2, 0.25) is 0 Å². The molecule has 78 valence electrons. The maximum Gasteiger partial charge on any atom is 0.256 e. The molecular weight excluding hydrogens is 245 g/mol.